The van der Waals surface area contributed by atoms with Gasteiger partial charge in [0, 0.05) is 5.92 Å². The van der Waals surface area contributed by atoms with Gasteiger partial charge in [-0.25, -0.2) is 0 Å². The minimum absolute atomic E-state index is 0.0579. The predicted molar refractivity (Wildman–Crippen MR) is 61.0 cm³/mol. The van der Waals surface area contributed by atoms with Gasteiger partial charge in [-0.05, 0) is 31.0 Å². The molecule has 1 unspecified atom stereocenters. The van der Waals surface area contributed by atoms with E-state index in [1.165, 1.54) is 0 Å². The maximum Gasteiger partial charge on any atom is 0.161 e. The Hall–Kier alpha value is -1.51. The lowest BCUT2D eigenvalue weighted by molar-refractivity contribution is -0.120. The van der Waals surface area contributed by atoms with Crippen LogP contribution in [0.5, 0.6) is 11.5 Å². The quantitative estimate of drug-likeness (QED) is 0.783. The molecule has 0 N–H and O–H groups in total. The summed E-state index contributed by atoms with van der Waals surface area (Å²) in [7, 11) is 0. The van der Waals surface area contributed by atoms with Crippen molar-refractivity contribution in [2.45, 2.75) is 20.3 Å². The summed E-state index contributed by atoms with van der Waals surface area (Å²) in [5.74, 6) is 1.86. The number of carbonyl (C=O) groups excluding carboxylic acids is 1. The minimum atomic E-state index is 0.0579. The molecule has 1 aromatic rings. The Morgan fingerprint density at radius 2 is 2.00 bits per heavy atom. The maximum atomic E-state index is 11.2. The van der Waals surface area contributed by atoms with Crippen LogP contribution in [-0.4, -0.2) is 19.0 Å². The number of ether oxygens (including phenoxy) is 2. The molecule has 0 aromatic heterocycles. The number of ketones is 1. The molecule has 0 bridgehead atoms. The first-order valence-electron chi connectivity index (χ1n) is 5.56. The molecule has 1 aliphatic heterocycles. The zero-order chi connectivity index (χ0) is 11.5. The Bertz CT molecular complexity index is 398. The zero-order valence-electron chi connectivity index (χ0n) is 9.66. The lowest BCUT2D eigenvalue weighted by Gasteiger charge is -2.19. The lowest BCUT2D eigenvalue weighted by Crippen LogP contribution is -2.16. The summed E-state index contributed by atoms with van der Waals surface area (Å²) >= 11 is 0. The average Bonchev–Trinajstić information content (AvgIpc) is 2.28. The number of Topliss-reactive ketones (excluding diaryl/α,β-unsaturated/α-hetero) is 1. The van der Waals surface area contributed by atoms with E-state index in [1.807, 2.05) is 25.1 Å². The van der Waals surface area contributed by atoms with E-state index in [1.54, 1.807) is 6.92 Å². The van der Waals surface area contributed by atoms with Crippen LogP contribution >= 0.6 is 0 Å². The van der Waals surface area contributed by atoms with Crippen LogP contribution in [0.15, 0.2) is 18.2 Å². The van der Waals surface area contributed by atoms with Crippen LogP contribution in [0, 0.1) is 5.92 Å². The van der Waals surface area contributed by atoms with E-state index in [2.05, 4.69) is 0 Å². The molecule has 0 saturated heterocycles. The Labute approximate surface area is 95.4 Å². The highest BCUT2D eigenvalue weighted by atomic mass is 16.6. The van der Waals surface area contributed by atoms with Gasteiger partial charge >= 0.3 is 0 Å². The number of hydrogen-bond donors (Lipinski definition) is 0. The molecule has 16 heavy (non-hydrogen) atoms. The first kappa shape index (κ1) is 11.0. The van der Waals surface area contributed by atoms with Gasteiger partial charge in [0.2, 0.25) is 0 Å². The maximum absolute atomic E-state index is 11.2. The van der Waals surface area contributed by atoms with Crippen molar-refractivity contribution < 1.29 is 14.3 Å². The summed E-state index contributed by atoms with van der Waals surface area (Å²) in [4.78, 5) is 11.2. The Kier molecular flexibility index (Phi) is 3.13. The van der Waals surface area contributed by atoms with Crippen LogP contribution < -0.4 is 9.47 Å². The van der Waals surface area contributed by atoms with Crippen molar-refractivity contribution in [3.05, 3.63) is 23.8 Å². The zero-order valence-corrected chi connectivity index (χ0v) is 9.66. The number of benzene rings is 1. The van der Waals surface area contributed by atoms with Gasteiger partial charge in [-0.15, -0.1) is 0 Å². The van der Waals surface area contributed by atoms with E-state index in [0.717, 1.165) is 23.5 Å². The fraction of sp³-hybridized carbons (Fsp3) is 0.462. The molecule has 0 amide bonds. The van der Waals surface area contributed by atoms with Crippen LogP contribution in [-0.2, 0) is 11.2 Å². The first-order chi connectivity index (χ1) is 7.66. The van der Waals surface area contributed by atoms with E-state index in [-0.39, 0.29) is 11.7 Å². The summed E-state index contributed by atoms with van der Waals surface area (Å²) in [6.45, 7) is 4.77. The Morgan fingerprint density at radius 1 is 1.31 bits per heavy atom. The fourth-order valence-corrected chi connectivity index (χ4v) is 1.71. The van der Waals surface area contributed by atoms with Gasteiger partial charge in [0.15, 0.2) is 11.5 Å². The molecule has 1 heterocycles. The van der Waals surface area contributed by atoms with Crippen LogP contribution in [0.25, 0.3) is 0 Å². The molecule has 3 heteroatoms. The molecule has 2 rings (SSSR count). The standard InChI is InChI=1S/C13H16O3/c1-9(10(2)14)7-11-3-4-12-13(8-11)16-6-5-15-12/h3-4,8-9H,5-7H2,1-2H3. The van der Waals surface area contributed by atoms with Crippen molar-refractivity contribution in [1.29, 1.82) is 0 Å². The third-order valence-electron chi connectivity index (χ3n) is 2.84. The topological polar surface area (TPSA) is 35.5 Å². The van der Waals surface area contributed by atoms with Gasteiger partial charge in [-0.1, -0.05) is 13.0 Å². The van der Waals surface area contributed by atoms with Gasteiger partial charge < -0.3 is 9.47 Å². The predicted octanol–water partition coefficient (Wildman–Crippen LogP) is 2.23. The van der Waals surface area contributed by atoms with Crippen molar-refractivity contribution in [2.24, 2.45) is 5.92 Å². The van der Waals surface area contributed by atoms with E-state index in [4.69, 9.17) is 9.47 Å². The van der Waals surface area contributed by atoms with E-state index in [9.17, 15) is 4.79 Å². The number of hydrogen-bond acceptors (Lipinski definition) is 3. The van der Waals surface area contributed by atoms with Crippen LogP contribution in [0.1, 0.15) is 19.4 Å². The van der Waals surface area contributed by atoms with Gasteiger partial charge in [0.1, 0.15) is 19.0 Å². The van der Waals surface area contributed by atoms with E-state index >= 15 is 0 Å². The van der Waals surface area contributed by atoms with Crippen molar-refractivity contribution >= 4 is 5.78 Å². The monoisotopic (exact) mass is 220 g/mol. The molecule has 0 fully saturated rings. The molecule has 0 spiro atoms. The summed E-state index contributed by atoms with van der Waals surface area (Å²) in [6.07, 6.45) is 0.756. The highest BCUT2D eigenvalue weighted by Gasteiger charge is 2.14. The van der Waals surface area contributed by atoms with Crippen molar-refractivity contribution in [3.8, 4) is 11.5 Å². The van der Waals surface area contributed by atoms with E-state index in [0.29, 0.717) is 13.2 Å². The first-order valence-corrected chi connectivity index (χ1v) is 5.56. The molecule has 3 nitrogen and oxygen atoms in total. The fourth-order valence-electron chi connectivity index (χ4n) is 1.71. The third-order valence-corrected chi connectivity index (χ3v) is 2.84. The summed E-state index contributed by atoms with van der Waals surface area (Å²) in [5, 5.41) is 0. The SMILES string of the molecule is CC(=O)C(C)Cc1ccc2c(c1)OCCO2. The Balaban J connectivity index is 2.14. The number of carbonyl (C=O) groups is 1. The number of rotatable bonds is 3. The third kappa shape index (κ3) is 2.35. The van der Waals surface area contributed by atoms with Gasteiger partial charge in [-0.2, -0.15) is 0 Å². The lowest BCUT2D eigenvalue weighted by atomic mass is 9.98. The number of fused-ring (bicyclic) bond motifs is 1. The molecular weight excluding hydrogens is 204 g/mol. The second-order valence-corrected chi connectivity index (χ2v) is 4.19. The van der Waals surface area contributed by atoms with Gasteiger partial charge in [0.25, 0.3) is 0 Å². The van der Waals surface area contributed by atoms with Crippen LogP contribution in [0.4, 0.5) is 0 Å². The smallest absolute Gasteiger partial charge is 0.161 e. The second-order valence-electron chi connectivity index (χ2n) is 4.19. The molecule has 0 aliphatic carbocycles. The molecule has 0 saturated carbocycles. The summed E-state index contributed by atoms with van der Waals surface area (Å²) < 4.78 is 10.9. The average molecular weight is 220 g/mol. The molecule has 0 radical (unpaired) electrons. The molecule has 1 aliphatic rings. The molecular formula is C13H16O3. The molecule has 1 atom stereocenters. The normalized spacial score (nSPS) is 15.6. The largest absolute Gasteiger partial charge is 0.486 e. The van der Waals surface area contributed by atoms with Gasteiger partial charge in [-0.3, -0.25) is 4.79 Å². The van der Waals surface area contributed by atoms with Crippen LogP contribution in [0.2, 0.25) is 0 Å². The summed E-state index contributed by atoms with van der Waals surface area (Å²) in [6, 6.07) is 5.87. The van der Waals surface area contributed by atoms with Crippen molar-refractivity contribution in [1.82, 2.24) is 0 Å². The van der Waals surface area contributed by atoms with Crippen molar-refractivity contribution in [2.75, 3.05) is 13.2 Å². The summed E-state index contributed by atoms with van der Waals surface area (Å²) in [5.41, 5.74) is 1.12. The highest BCUT2D eigenvalue weighted by Crippen LogP contribution is 2.31. The molecule has 86 valence electrons. The van der Waals surface area contributed by atoms with Gasteiger partial charge in [0.05, 0.1) is 0 Å². The van der Waals surface area contributed by atoms with Crippen LogP contribution in [0.3, 0.4) is 0 Å². The Morgan fingerprint density at radius 3 is 2.69 bits per heavy atom. The van der Waals surface area contributed by atoms with Crippen molar-refractivity contribution in [3.63, 3.8) is 0 Å². The molecule has 1 aromatic carbocycles. The second kappa shape index (κ2) is 4.56. The van der Waals surface area contributed by atoms with E-state index < -0.39 is 0 Å². The minimum Gasteiger partial charge on any atom is -0.486 e. The highest BCUT2D eigenvalue weighted by molar-refractivity contribution is 5.78.